The van der Waals surface area contributed by atoms with E-state index in [1.54, 1.807) is 0 Å². The molecule has 0 amide bonds. The molecule has 0 atom stereocenters. The monoisotopic (exact) mass is 185 g/mol. The van der Waals surface area contributed by atoms with Crippen LogP contribution >= 0.6 is 0 Å². The fourth-order valence-electron chi connectivity index (χ4n) is 0. The molecule has 0 fully saturated rings. The smallest absolute Gasteiger partial charge is 0.282 e. The molecule has 0 rings (SSSR count). The van der Waals surface area contributed by atoms with E-state index in [4.69, 9.17) is 28.0 Å². The van der Waals surface area contributed by atoms with Crippen molar-refractivity contribution in [3.63, 3.8) is 0 Å². The van der Waals surface area contributed by atoms with Crippen LogP contribution in [-0.2, 0) is 0 Å². The molecule has 0 radical (unpaired) electrons. The lowest BCUT2D eigenvalue weighted by molar-refractivity contribution is -1.63. The number of hydrogen-bond acceptors (Lipinski definition) is 7. The Morgan fingerprint density at radius 2 is 0.778 bits per heavy atom. The molecule has 5 N–H and O–H groups in total. The summed E-state index contributed by atoms with van der Waals surface area (Å²) in [7, 11) is -5.20. The Hall–Kier alpha value is 0.300. The van der Waals surface area contributed by atoms with Gasteiger partial charge in [0, 0.05) is 9.32 Å². The van der Waals surface area contributed by atoms with E-state index in [1.807, 2.05) is 0 Å². The third-order valence-electron chi connectivity index (χ3n) is 0. The third kappa shape index (κ3) is 3660. The van der Waals surface area contributed by atoms with Crippen LogP contribution in [0.3, 0.4) is 0 Å². The van der Waals surface area contributed by atoms with E-state index < -0.39 is 21.6 Å². The minimum atomic E-state index is -2.60. The van der Waals surface area contributed by atoms with Crippen LogP contribution < -0.4 is 24.8 Å². The predicted octanol–water partition coefficient (Wildman–Crippen LogP) is -5.71. The van der Waals surface area contributed by atoms with Gasteiger partial charge in [-0.25, -0.2) is 0 Å². The van der Waals surface area contributed by atoms with Gasteiger partial charge < -0.3 is 24.8 Å². The zero-order chi connectivity index (χ0) is 7.15. The molecule has 0 spiro atoms. The van der Waals surface area contributed by atoms with Crippen LogP contribution in [0.4, 0.5) is 0 Å². The Morgan fingerprint density at radius 1 is 0.778 bits per heavy atom. The highest BCUT2D eigenvalue weighted by molar-refractivity contribution is 2.13. The molecule has 0 aromatic carbocycles. The van der Waals surface area contributed by atoms with E-state index in [0.29, 0.717) is 0 Å². The second-order valence-electron chi connectivity index (χ2n) is 0.402. The van der Waals surface area contributed by atoms with Gasteiger partial charge in [-0.05, 0) is 0 Å². The molecular formula is H5Cl2NO6. The summed E-state index contributed by atoms with van der Waals surface area (Å²) in [5, 5.41) is 0. The normalized spacial score (nSPS) is 8.00. The first kappa shape index (κ1) is 16.1. The highest BCUT2D eigenvalue weighted by atomic mass is 35.6. The van der Waals surface area contributed by atoms with Gasteiger partial charge in [0.05, 0.1) is 0 Å². The van der Waals surface area contributed by atoms with Crippen LogP contribution in [0.2, 0.25) is 0 Å². The van der Waals surface area contributed by atoms with Crippen LogP contribution in [0.1, 0.15) is 0 Å². The van der Waals surface area contributed by atoms with E-state index in [-0.39, 0.29) is 6.15 Å². The van der Waals surface area contributed by atoms with Crippen molar-refractivity contribution in [3.8, 4) is 0 Å². The summed E-state index contributed by atoms with van der Waals surface area (Å²) in [6.45, 7) is 0. The van der Waals surface area contributed by atoms with Gasteiger partial charge in [0.2, 0.25) is 0 Å². The number of halogens is 2. The van der Waals surface area contributed by atoms with E-state index in [0.717, 1.165) is 0 Å². The summed E-state index contributed by atoms with van der Waals surface area (Å²) < 4.78 is 47.9. The molecule has 0 aromatic rings. The van der Waals surface area contributed by atoms with Crippen molar-refractivity contribution in [1.82, 2.24) is 6.15 Å². The minimum Gasteiger partial charge on any atom is -0.344 e. The summed E-state index contributed by atoms with van der Waals surface area (Å²) >= 11 is 0. The van der Waals surface area contributed by atoms with Crippen LogP contribution in [0.5, 0.6) is 0 Å². The van der Waals surface area contributed by atoms with Gasteiger partial charge in [0.25, 0.3) is 21.6 Å². The Morgan fingerprint density at radius 3 is 0.778 bits per heavy atom. The quantitative estimate of drug-likeness (QED) is 0.338. The lowest BCUT2D eigenvalue weighted by Gasteiger charge is -1.72. The molecule has 9 heavy (non-hydrogen) atoms. The van der Waals surface area contributed by atoms with E-state index >= 15 is 0 Å². The molecule has 0 saturated heterocycles. The third-order valence-corrected chi connectivity index (χ3v) is 0. The van der Waals surface area contributed by atoms with Gasteiger partial charge in [-0.15, -0.1) is 0 Å². The van der Waals surface area contributed by atoms with Crippen LogP contribution in [-0.4, -0.2) is 9.32 Å². The van der Waals surface area contributed by atoms with Crippen molar-refractivity contribution in [3.05, 3.63) is 0 Å². The molecule has 0 heterocycles. The Balaban J connectivity index is -0.0000000720. The average molecular weight is 186 g/mol. The molecule has 0 unspecified atom stereocenters. The van der Waals surface area contributed by atoms with Crippen molar-refractivity contribution >= 4 is 0 Å². The van der Waals surface area contributed by atoms with Gasteiger partial charge in [-0.3, -0.25) is 0 Å². The van der Waals surface area contributed by atoms with Crippen molar-refractivity contribution < 1.29 is 49.5 Å². The Labute approximate surface area is 56.5 Å². The maximum atomic E-state index is 8.52. The van der Waals surface area contributed by atoms with Crippen LogP contribution in [0, 0.1) is 21.6 Å². The van der Waals surface area contributed by atoms with Crippen LogP contribution in [0.25, 0.3) is 0 Å². The molecule has 0 aliphatic carbocycles. The first-order chi connectivity index (χ1) is 3.46. The van der Waals surface area contributed by atoms with Gasteiger partial charge in [-0.1, -0.05) is 0 Å². The molecule has 0 aromatic heterocycles. The summed E-state index contributed by atoms with van der Waals surface area (Å²) in [6.07, 6.45) is 0. The maximum absolute atomic E-state index is 8.52. The summed E-state index contributed by atoms with van der Waals surface area (Å²) in [4.78, 5) is 0. The highest BCUT2D eigenvalue weighted by Gasteiger charge is 1.79. The Kier molecular flexibility index (Phi) is 20.0. The largest absolute Gasteiger partial charge is 0.344 e. The van der Waals surface area contributed by atoms with Gasteiger partial charge in [-0.2, -0.15) is 0 Å². The SMILES string of the molecule is N.[O-][Cl+2]([O-])O.[O-][Cl+2]([O-])O. The Bertz CT molecular complexity index is 26.5. The van der Waals surface area contributed by atoms with E-state index in [1.165, 1.54) is 0 Å². The lowest BCUT2D eigenvalue weighted by atomic mass is 14.0. The minimum absolute atomic E-state index is 0. The maximum Gasteiger partial charge on any atom is 0.282 e. The average Bonchev–Trinajstić information content (AvgIpc) is 1.25. The molecule has 60 valence electrons. The summed E-state index contributed by atoms with van der Waals surface area (Å²) in [5.41, 5.74) is 0. The first-order valence-electron chi connectivity index (χ1n) is 0.955. The fourth-order valence-corrected chi connectivity index (χ4v) is 0. The van der Waals surface area contributed by atoms with Gasteiger partial charge in [0.1, 0.15) is 0 Å². The zero-order valence-corrected chi connectivity index (χ0v) is 5.50. The molecular weight excluding hydrogens is 181 g/mol. The molecule has 0 aliphatic rings. The second kappa shape index (κ2) is 11.1. The van der Waals surface area contributed by atoms with Crippen molar-refractivity contribution in [2.45, 2.75) is 0 Å². The number of rotatable bonds is 0. The van der Waals surface area contributed by atoms with Crippen molar-refractivity contribution in [2.75, 3.05) is 0 Å². The molecule has 9 heteroatoms. The molecule has 0 saturated carbocycles. The number of hydrogen-bond donors (Lipinski definition) is 3. The molecule has 0 aliphatic heterocycles. The van der Waals surface area contributed by atoms with Crippen molar-refractivity contribution in [2.24, 2.45) is 0 Å². The summed E-state index contributed by atoms with van der Waals surface area (Å²) in [6, 6.07) is 0. The molecule has 7 nitrogen and oxygen atoms in total. The molecule has 0 bridgehead atoms. The second-order valence-corrected chi connectivity index (χ2v) is 1.21. The standard InChI is InChI=1S/2ClHO3.H3N/c2*2-1(3)4;/h2*2H;1H3. The van der Waals surface area contributed by atoms with E-state index in [9.17, 15) is 0 Å². The topological polar surface area (TPSA) is 168 Å². The van der Waals surface area contributed by atoms with E-state index in [2.05, 4.69) is 0 Å². The highest BCUT2D eigenvalue weighted by Crippen LogP contribution is 1.38. The fraction of sp³-hybridized carbons (Fsp3) is 0. The lowest BCUT2D eigenvalue weighted by Crippen LogP contribution is -2.30. The zero-order valence-electron chi connectivity index (χ0n) is 3.99. The first-order valence-corrected chi connectivity index (χ1v) is 2.87. The van der Waals surface area contributed by atoms with Crippen LogP contribution in [0.15, 0.2) is 0 Å². The predicted molar refractivity (Wildman–Crippen MR) is 9.46 cm³/mol. The summed E-state index contributed by atoms with van der Waals surface area (Å²) in [5.74, 6) is 0. The van der Waals surface area contributed by atoms with Crippen molar-refractivity contribution in [1.29, 1.82) is 0 Å². The van der Waals surface area contributed by atoms with Gasteiger partial charge in [0.15, 0.2) is 0 Å². The van der Waals surface area contributed by atoms with Gasteiger partial charge >= 0.3 is 0 Å².